The number of aromatic nitrogens is 2. The Morgan fingerprint density at radius 2 is 2.27 bits per heavy atom. The molecule has 0 spiro atoms. The Hall–Kier alpha value is -2.37. The van der Waals surface area contributed by atoms with Crippen LogP contribution in [0.3, 0.4) is 0 Å². The zero-order valence-electron chi connectivity index (χ0n) is 7.70. The van der Waals surface area contributed by atoms with Gasteiger partial charge in [-0.25, -0.2) is 4.68 Å². The van der Waals surface area contributed by atoms with Crippen molar-refractivity contribution in [3.63, 3.8) is 0 Å². The van der Waals surface area contributed by atoms with Crippen LogP contribution in [-0.4, -0.2) is 14.7 Å². The highest BCUT2D eigenvalue weighted by atomic mass is 16.6. The third-order valence-corrected chi connectivity index (χ3v) is 1.91. The second kappa shape index (κ2) is 3.41. The summed E-state index contributed by atoms with van der Waals surface area (Å²) in [5, 5.41) is 14.5. The molecular formula is C9H8N4O2. The SMILES string of the molecule is Nc1cnn(-c2cccc([N+](=O)[O-])c2)c1. The fraction of sp³-hybridized carbons (Fsp3) is 0. The van der Waals surface area contributed by atoms with E-state index in [1.807, 2.05) is 0 Å². The normalized spacial score (nSPS) is 10.1. The molecule has 0 amide bonds. The Morgan fingerprint density at radius 1 is 1.47 bits per heavy atom. The summed E-state index contributed by atoms with van der Waals surface area (Å²) >= 11 is 0. The van der Waals surface area contributed by atoms with Crippen LogP contribution in [-0.2, 0) is 0 Å². The Morgan fingerprint density at radius 3 is 2.87 bits per heavy atom. The van der Waals surface area contributed by atoms with Gasteiger partial charge in [-0.1, -0.05) is 6.07 Å². The summed E-state index contributed by atoms with van der Waals surface area (Å²) in [7, 11) is 0. The molecule has 0 radical (unpaired) electrons. The molecule has 0 aliphatic rings. The third-order valence-electron chi connectivity index (χ3n) is 1.91. The van der Waals surface area contributed by atoms with Gasteiger partial charge in [0.15, 0.2) is 0 Å². The predicted molar refractivity (Wildman–Crippen MR) is 54.6 cm³/mol. The van der Waals surface area contributed by atoms with Gasteiger partial charge in [0.25, 0.3) is 5.69 Å². The number of hydrogen-bond donors (Lipinski definition) is 1. The zero-order chi connectivity index (χ0) is 10.8. The Labute approximate surface area is 85.1 Å². The lowest BCUT2D eigenvalue weighted by atomic mass is 10.3. The van der Waals surface area contributed by atoms with Crippen molar-refractivity contribution in [3.05, 3.63) is 46.8 Å². The fourth-order valence-electron chi connectivity index (χ4n) is 1.23. The van der Waals surface area contributed by atoms with Gasteiger partial charge in [-0.2, -0.15) is 5.10 Å². The smallest absolute Gasteiger partial charge is 0.271 e. The largest absolute Gasteiger partial charge is 0.396 e. The number of benzene rings is 1. The number of rotatable bonds is 2. The van der Waals surface area contributed by atoms with Crippen molar-refractivity contribution in [2.24, 2.45) is 0 Å². The van der Waals surface area contributed by atoms with Gasteiger partial charge >= 0.3 is 0 Å². The first kappa shape index (κ1) is 9.20. The summed E-state index contributed by atoms with van der Waals surface area (Å²) < 4.78 is 1.49. The molecule has 0 aliphatic carbocycles. The van der Waals surface area contributed by atoms with E-state index < -0.39 is 4.92 Å². The summed E-state index contributed by atoms with van der Waals surface area (Å²) in [6.07, 6.45) is 3.08. The van der Waals surface area contributed by atoms with Crippen molar-refractivity contribution in [3.8, 4) is 5.69 Å². The van der Waals surface area contributed by atoms with Crippen molar-refractivity contribution in [1.29, 1.82) is 0 Å². The van der Waals surface area contributed by atoms with Gasteiger partial charge in [0, 0.05) is 12.1 Å². The summed E-state index contributed by atoms with van der Waals surface area (Å²) in [4.78, 5) is 10.1. The van der Waals surface area contributed by atoms with Crippen LogP contribution in [0.2, 0.25) is 0 Å². The topological polar surface area (TPSA) is 87.0 Å². The van der Waals surface area contributed by atoms with E-state index in [9.17, 15) is 10.1 Å². The van der Waals surface area contributed by atoms with Crippen LogP contribution in [0, 0.1) is 10.1 Å². The summed E-state index contributed by atoms with van der Waals surface area (Å²) in [5.41, 5.74) is 6.65. The quantitative estimate of drug-likeness (QED) is 0.591. The molecule has 1 aromatic carbocycles. The Bertz CT molecular complexity index is 506. The average Bonchev–Trinajstić information content (AvgIpc) is 2.65. The van der Waals surface area contributed by atoms with Crippen molar-refractivity contribution >= 4 is 11.4 Å². The number of non-ortho nitro benzene ring substituents is 1. The standard InChI is InChI=1S/C9H8N4O2/c10-7-5-11-12(6-7)8-2-1-3-9(4-8)13(14)15/h1-6H,10H2. The molecule has 1 aromatic heterocycles. The maximum atomic E-state index is 10.5. The van der Waals surface area contributed by atoms with Gasteiger partial charge in [-0.05, 0) is 6.07 Å². The predicted octanol–water partition coefficient (Wildman–Crippen LogP) is 1.36. The number of nitrogens with two attached hydrogens (primary N) is 1. The molecule has 1 heterocycles. The van der Waals surface area contributed by atoms with E-state index in [2.05, 4.69) is 5.10 Å². The molecule has 0 bridgehead atoms. The first-order valence-corrected chi connectivity index (χ1v) is 4.22. The highest BCUT2D eigenvalue weighted by Gasteiger charge is 2.06. The number of nitrogen functional groups attached to an aromatic ring is 1. The molecule has 76 valence electrons. The second-order valence-electron chi connectivity index (χ2n) is 3.00. The number of hydrogen-bond acceptors (Lipinski definition) is 4. The average molecular weight is 204 g/mol. The highest BCUT2D eigenvalue weighted by molar-refractivity contribution is 5.44. The van der Waals surface area contributed by atoms with Crippen LogP contribution >= 0.6 is 0 Å². The fourth-order valence-corrected chi connectivity index (χ4v) is 1.23. The van der Waals surface area contributed by atoms with Gasteiger partial charge in [-0.3, -0.25) is 10.1 Å². The third kappa shape index (κ3) is 1.78. The van der Waals surface area contributed by atoms with E-state index >= 15 is 0 Å². The first-order valence-electron chi connectivity index (χ1n) is 4.22. The summed E-state index contributed by atoms with van der Waals surface area (Å²) in [6, 6.07) is 6.19. The van der Waals surface area contributed by atoms with Gasteiger partial charge in [0.1, 0.15) is 0 Å². The minimum atomic E-state index is -0.448. The molecule has 0 fully saturated rings. The van der Waals surface area contributed by atoms with Gasteiger partial charge in [0.2, 0.25) is 0 Å². The van der Waals surface area contributed by atoms with Gasteiger partial charge in [-0.15, -0.1) is 0 Å². The highest BCUT2D eigenvalue weighted by Crippen LogP contribution is 2.16. The molecule has 2 rings (SSSR count). The van der Waals surface area contributed by atoms with E-state index in [4.69, 9.17) is 5.73 Å². The van der Waals surface area contributed by atoms with E-state index in [1.54, 1.807) is 18.3 Å². The number of nitrogens with zero attached hydrogens (tertiary/aromatic N) is 3. The molecule has 0 saturated carbocycles. The monoisotopic (exact) mass is 204 g/mol. The van der Waals surface area contributed by atoms with Crippen molar-refractivity contribution < 1.29 is 4.92 Å². The van der Waals surface area contributed by atoms with Crippen LogP contribution in [0.4, 0.5) is 11.4 Å². The summed E-state index contributed by atoms with van der Waals surface area (Å²) in [5.74, 6) is 0. The van der Waals surface area contributed by atoms with Crippen molar-refractivity contribution in [2.75, 3.05) is 5.73 Å². The molecule has 0 atom stereocenters. The molecule has 15 heavy (non-hydrogen) atoms. The molecule has 0 unspecified atom stereocenters. The van der Waals surface area contributed by atoms with Gasteiger partial charge < -0.3 is 5.73 Å². The molecule has 0 aliphatic heterocycles. The van der Waals surface area contributed by atoms with E-state index in [0.29, 0.717) is 11.4 Å². The Kier molecular flexibility index (Phi) is 2.09. The molecular weight excluding hydrogens is 196 g/mol. The van der Waals surface area contributed by atoms with Gasteiger partial charge in [0.05, 0.1) is 28.7 Å². The van der Waals surface area contributed by atoms with Crippen LogP contribution in [0.5, 0.6) is 0 Å². The minimum absolute atomic E-state index is 0.0292. The maximum Gasteiger partial charge on any atom is 0.271 e. The van der Waals surface area contributed by atoms with Crippen LogP contribution in [0.15, 0.2) is 36.7 Å². The van der Waals surface area contributed by atoms with Crippen molar-refractivity contribution in [2.45, 2.75) is 0 Å². The van der Waals surface area contributed by atoms with E-state index in [0.717, 1.165) is 0 Å². The number of nitro groups is 1. The second-order valence-corrected chi connectivity index (χ2v) is 3.00. The lowest BCUT2D eigenvalue weighted by molar-refractivity contribution is -0.384. The van der Waals surface area contributed by atoms with Crippen LogP contribution < -0.4 is 5.73 Å². The molecule has 2 aromatic rings. The number of nitro benzene ring substituents is 1. The first-order chi connectivity index (χ1) is 7.16. The molecule has 6 heteroatoms. The molecule has 2 N–H and O–H groups in total. The molecule has 0 saturated heterocycles. The van der Waals surface area contributed by atoms with Crippen molar-refractivity contribution in [1.82, 2.24) is 9.78 Å². The minimum Gasteiger partial charge on any atom is -0.396 e. The lowest BCUT2D eigenvalue weighted by Gasteiger charge is -1.99. The van der Waals surface area contributed by atoms with Crippen LogP contribution in [0.25, 0.3) is 5.69 Å². The Balaban J connectivity index is 2.45. The lowest BCUT2D eigenvalue weighted by Crippen LogP contribution is -1.95. The number of anilines is 1. The maximum absolute atomic E-state index is 10.5. The van der Waals surface area contributed by atoms with Crippen LogP contribution in [0.1, 0.15) is 0 Å². The summed E-state index contributed by atoms with van der Waals surface area (Å²) in [6.45, 7) is 0. The van der Waals surface area contributed by atoms with E-state index in [1.165, 1.54) is 23.0 Å². The zero-order valence-corrected chi connectivity index (χ0v) is 7.70. The van der Waals surface area contributed by atoms with E-state index in [-0.39, 0.29) is 5.69 Å². The molecule has 6 nitrogen and oxygen atoms in total.